The number of benzene rings is 1. The first kappa shape index (κ1) is 17.4. The van der Waals surface area contributed by atoms with Gasteiger partial charge in [-0.1, -0.05) is 0 Å². The van der Waals surface area contributed by atoms with Gasteiger partial charge in [0.15, 0.2) is 12.4 Å². The van der Waals surface area contributed by atoms with Crippen LogP contribution in [0, 0.1) is 5.92 Å². The van der Waals surface area contributed by atoms with Crippen molar-refractivity contribution in [3.63, 3.8) is 0 Å². The van der Waals surface area contributed by atoms with E-state index in [4.69, 9.17) is 21.3 Å². The van der Waals surface area contributed by atoms with Gasteiger partial charge in [-0.2, -0.15) is 0 Å². The molecule has 4 aliphatic rings. The second kappa shape index (κ2) is 6.63. The number of halogens is 1. The maximum atomic E-state index is 13.3. The van der Waals surface area contributed by atoms with Crippen LogP contribution in [-0.4, -0.2) is 67.6 Å². The van der Waals surface area contributed by atoms with E-state index in [-0.39, 0.29) is 30.0 Å². The largest absolute Gasteiger partial charge is 0.496 e. The minimum atomic E-state index is -0.345. The van der Waals surface area contributed by atoms with Crippen LogP contribution in [0.2, 0.25) is 0 Å². The Labute approximate surface area is 157 Å². The highest BCUT2D eigenvalue weighted by Crippen LogP contribution is 2.42. The molecule has 0 radical (unpaired) electrons. The van der Waals surface area contributed by atoms with Crippen LogP contribution >= 0.6 is 11.8 Å². The summed E-state index contributed by atoms with van der Waals surface area (Å²) in [6, 6.07) is 3.36. The third-order valence-electron chi connectivity index (χ3n) is 5.71. The highest BCUT2D eigenvalue weighted by molar-refractivity contribution is 6.25. The summed E-state index contributed by atoms with van der Waals surface area (Å²) in [5, 5.41) is 0. The van der Waals surface area contributed by atoms with Crippen molar-refractivity contribution >= 4 is 29.3 Å². The van der Waals surface area contributed by atoms with Crippen molar-refractivity contribution in [3.8, 4) is 11.5 Å². The van der Waals surface area contributed by atoms with E-state index in [2.05, 4.69) is 4.90 Å². The molecule has 4 heterocycles. The van der Waals surface area contributed by atoms with Crippen molar-refractivity contribution in [2.75, 3.05) is 45.3 Å². The van der Waals surface area contributed by atoms with E-state index in [1.165, 1.54) is 16.4 Å². The molecule has 5 rings (SSSR count). The summed E-state index contributed by atoms with van der Waals surface area (Å²) in [7, 11) is 3.17. The van der Waals surface area contributed by atoms with Crippen LogP contribution in [0.5, 0.6) is 11.5 Å². The summed E-state index contributed by atoms with van der Waals surface area (Å²) in [4.78, 5) is 29.0. The summed E-state index contributed by atoms with van der Waals surface area (Å²) in [6.45, 7) is 2.82. The smallest absolute Gasteiger partial charge is 0.276 e. The lowest BCUT2D eigenvalue weighted by Gasteiger charge is -2.46. The molecule has 1 atom stereocenters. The third-order valence-corrected chi connectivity index (χ3v) is 6.12. The number of nitrogens with zero attached hydrogens (tertiary/aromatic N) is 3. The van der Waals surface area contributed by atoms with Crippen molar-refractivity contribution in [2.45, 2.75) is 18.9 Å². The number of amides is 2. The quantitative estimate of drug-likeness (QED) is 0.749. The predicted molar refractivity (Wildman–Crippen MR) is 96.9 cm³/mol. The van der Waals surface area contributed by atoms with Gasteiger partial charge in [-0.3, -0.25) is 9.59 Å². The number of ether oxygens (including phenoxy) is 2. The predicted octanol–water partition coefficient (Wildman–Crippen LogP) is 1.74. The monoisotopic (exact) mass is 379 g/mol. The summed E-state index contributed by atoms with van der Waals surface area (Å²) in [5.74, 6) is 0.645. The van der Waals surface area contributed by atoms with Gasteiger partial charge in [-0.25, -0.2) is 4.42 Å². The van der Waals surface area contributed by atoms with E-state index >= 15 is 0 Å². The van der Waals surface area contributed by atoms with Gasteiger partial charge in [0.2, 0.25) is 0 Å². The Kier molecular flexibility index (Phi) is 4.44. The van der Waals surface area contributed by atoms with E-state index in [0.717, 1.165) is 32.5 Å². The van der Waals surface area contributed by atoms with Crippen molar-refractivity contribution in [1.29, 1.82) is 0 Å². The topological polar surface area (TPSA) is 62.3 Å². The molecule has 0 saturated carbocycles. The van der Waals surface area contributed by atoms with Crippen molar-refractivity contribution in [3.05, 3.63) is 17.7 Å². The molecule has 2 bridgehead atoms. The second-order valence-electron chi connectivity index (χ2n) is 7.05. The summed E-state index contributed by atoms with van der Waals surface area (Å²) < 4.78 is 12.3. The lowest BCUT2D eigenvalue weighted by molar-refractivity contribution is -0.121. The number of fused-ring (bicyclic) bond motifs is 4. The van der Waals surface area contributed by atoms with Crippen molar-refractivity contribution < 1.29 is 19.1 Å². The van der Waals surface area contributed by atoms with Gasteiger partial charge in [0.1, 0.15) is 11.3 Å². The minimum absolute atomic E-state index is 0.0322. The van der Waals surface area contributed by atoms with Crippen LogP contribution in [0.15, 0.2) is 12.1 Å². The molecule has 1 unspecified atom stereocenters. The van der Waals surface area contributed by atoms with Gasteiger partial charge in [0, 0.05) is 25.4 Å². The summed E-state index contributed by atoms with van der Waals surface area (Å²) in [6.07, 6.45) is 2.11. The molecule has 0 aliphatic carbocycles. The Balaban J connectivity index is 1.70. The molecular weight excluding hydrogens is 358 g/mol. The van der Waals surface area contributed by atoms with E-state index < -0.39 is 0 Å². The molecule has 1 aromatic rings. The number of hydrogen-bond donors (Lipinski definition) is 0. The number of hydrogen-bond acceptors (Lipinski definition) is 5. The average molecular weight is 380 g/mol. The zero-order valence-electron chi connectivity index (χ0n) is 14.9. The second-order valence-corrected chi connectivity index (χ2v) is 7.42. The fourth-order valence-electron chi connectivity index (χ4n) is 4.15. The molecule has 0 spiro atoms. The summed E-state index contributed by atoms with van der Waals surface area (Å²) in [5.41, 5.74) is 0.820. The molecule has 140 valence electrons. The van der Waals surface area contributed by atoms with Crippen LogP contribution in [0.25, 0.3) is 0 Å². The van der Waals surface area contributed by atoms with E-state index in [1.54, 1.807) is 19.2 Å². The van der Waals surface area contributed by atoms with Crippen LogP contribution in [0.3, 0.4) is 0 Å². The average Bonchev–Trinajstić information content (AvgIpc) is 2.69. The van der Waals surface area contributed by atoms with Crippen LogP contribution in [0.1, 0.15) is 23.2 Å². The zero-order valence-corrected chi connectivity index (χ0v) is 15.7. The fraction of sp³-hybridized carbons (Fsp3) is 0.556. The van der Waals surface area contributed by atoms with Gasteiger partial charge in [-0.05, 0) is 44.0 Å². The van der Waals surface area contributed by atoms with Gasteiger partial charge >= 0.3 is 0 Å². The first-order valence-electron chi connectivity index (χ1n) is 8.83. The van der Waals surface area contributed by atoms with E-state index in [9.17, 15) is 9.59 Å². The normalized spacial score (nSPS) is 27.0. The molecule has 0 aromatic heterocycles. The highest BCUT2D eigenvalue weighted by atomic mass is 35.5. The van der Waals surface area contributed by atoms with Crippen LogP contribution in [0.4, 0.5) is 5.69 Å². The molecule has 3 saturated heterocycles. The maximum absolute atomic E-state index is 13.3. The summed E-state index contributed by atoms with van der Waals surface area (Å²) >= 11 is 6.54. The van der Waals surface area contributed by atoms with Crippen molar-refractivity contribution in [2.24, 2.45) is 5.92 Å². The molecule has 7 nitrogen and oxygen atoms in total. The number of methoxy groups -OCH3 is 1. The fourth-order valence-corrected chi connectivity index (χ4v) is 4.46. The standard InChI is InChI=1S/C18H22ClN3O4/c1-20-12-3-4-14(25-2)16(17(12)26-10-15(20)23)18(24)22(19)13-9-21-7-5-11(13)6-8-21/h3-4,11,13H,5-10H2,1-2H3. The number of carbonyl (C=O) groups is 2. The molecule has 26 heavy (non-hydrogen) atoms. The Bertz CT molecular complexity index is 748. The number of anilines is 1. The van der Waals surface area contributed by atoms with Crippen molar-refractivity contribution in [1.82, 2.24) is 9.32 Å². The molecular formula is C18H22ClN3O4. The lowest BCUT2D eigenvalue weighted by Crippen LogP contribution is -2.56. The molecule has 1 aromatic carbocycles. The van der Waals surface area contributed by atoms with Gasteiger partial charge in [0.05, 0.1) is 18.8 Å². The van der Waals surface area contributed by atoms with Gasteiger partial charge in [-0.15, -0.1) is 0 Å². The number of carbonyl (C=O) groups excluding carboxylic acids is 2. The van der Waals surface area contributed by atoms with E-state index in [0.29, 0.717) is 23.1 Å². The Morgan fingerprint density at radius 1 is 1.35 bits per heavy atom. The first-order chi connectivity index (χ1) is 12.5. The molecule has 2 amide bonds. The Morgan fingerprint density at radius 2 is 2.08 bits per heavy atom. The molecule has 3 fully saturated rings. The molecule has 4 aliphatic heterocycles. The SMILES string of the molecule is COc1ccc2c(c1C(=O)N(Cl)C1CN3CCC1CC3)OCC(=O)N2C. The van der Waals surface area contributed by atoms with Crippen LogP contribution in [-0.2, 0) is 4.79 Å². The Hall–Kier alpha value is -1.99. The van der Waals surface area contributed by atoms with Crippen LogP contribution < -0.4 is 14.4 Å². The molecule has 8 heteroatoms. The van der Waals surface area contributed by atoms with E-state index in [1.807, 2.05) is 0 Å². The lowest BCUT2D eigenvalue weighted by atomic mass is 9.84. The first-order valence-corrected chi connectivity index (χ1v) is 9.17. The number of piperidine rings is 3. The maximum Gasteiger partial charge on any atom is 0.276 e. The Morgan fingerprint density at radius 3 is 2.69 bits per heavy atom. The zero-order chi connectivity index (χ0) is 18.4. The van der Waals surface area contributed by atoms with Gasteiger partial charge in [0.25, 0.3) is 11.8 Å². The molecule has 0 N–H and O–H groups in total. The number of likely N-dealkylation sites (N-methyl/N-ethyl adjacent to an activating group) is 1. The number of rotatable bonds is 3. The van der Waals surface area contributed by atoms with Gasteiger partial charge < -0.3 is 19.3 Å². The minimum Gasteiger partial charge on any atom is -0.496 e. The highest BCUT2D eigenvalue weighted by Gasteiger charge is 2.41. The third kappa shape index (κ3) is 2.70.